The Morgan fingerprint density at radius 1 is 0.718 bits per heavy atom. The first-order valence-electron chi connectivity index (χ1n) is 14.9. The van der Waals surface area contributed by atoms with E-state index in [1.807, 2.05) is 36.4 Å². The largest absolute Gasteiger partial charge is 0.494 e. The van der Waals surface area contributed by atoms with Gasteiger partial charge in [0.2, 0.25) is 0 Å². The zero-order valence-corrected chi connectivity index (χ0v) is 24.2. The molecule has 1 unspecified atom stereocenters. The summed E-state index contributed by atoms with van der Waals surface area (Å²) in [5.74, 6) is 0.960. The molecule has 39 heavy (non-hydrogen) atoms. The number of benzene rings is 2. The number of ether oxygens (including phenoxy) is 2. The molecular weight excluding hydrogens is 484 g/mol. The van der Waals surface area contributed by atoms with Crippen molar-refractivity contribution in [1.82, 2.24) is 9.97 Å². The van der Waals surface area contributed by atoms with Crippen molar-refractivity contribution in [2.75, 3.05) is 13.2 Å². The van der Waals surface area contributed by atoms with Gasteiger partial charge in [0.25, 0.3) is 0 Å². The Bertz CT molecular complexity index is 1080. The maximum Gasteiger partial charge on any atom is 0.338 e. The summed E-state index contributed by atoms with van der Waals surface area (Å²) < 4.78 is 11.3. The minimum absolute atomic E-state index is 0.292. The van der Waals surface area contributed by atoms with Gasteiger partial charge in [0.15, 0.2) is 0 Å². The Morgan fingerprint density at radius 3 is 1.74 bits per heavy atom. The van der Waals surface area contributed by atoms with Crippen molar-refractivity contribution in [3.63, 3.8) is 0 Å². The lowest BCUT2D eigenvalue weighted by Gasteiger charge is -2.10. The summed E-state index contributed by atoms with van der Waals surface area (Å²) in [6.45, 7) is 7.63. The second-order valence-electron chi connectivity index (χ2n) is 10.5. The van der Waals surface area contributed by atoms with E-state index in [2.05, 4.69) is 30.7 Å². The molecule has 0 saturated heterocycles. The molecule has 3 aromatic rings. The summed E-state index contributed by atoms with van der Waals surface area (Å²) in [6, 6.07) is 15.4. The molecule has 0 aliphatic rings. The van der Waals surface area contributed by atoms with Crippen molar-refractivity contribution in [1.29, 1.82) is 0 Å². The molecule has 3 rings (SSSR count). The number of nitrogens with zero attached hydrogens (tertiary/aromatic N) is 2. The molecule has 1 atom stereocenters. The van der Waals surface area contributed by atoms with Gasteiger partial charge in [0.05, 0.1) is 42.6 Å². The van der Waals surface area contributed by atoms with Gasteiger partial charge in [0, 0.05) is 11.1 Å². The van der Waals surface area contributed by atoms with Crippen LogP contribution in [0.3, 0.4) is 0 Å². The third-order valence-electron chi connectivity index (χ3n) is 7.18. The van der Waals surface area contributed by atoms with Gasteiger partial charge < -0.3 is 9.47 Å². The third-order valence-corrected chi connectivity index (χ3v) is 7.18. The standard InChI is InChI=1S/C34H46N2O3/c1-4-6-7-8-9-10-11-12-13-14-23-38-31-21-19-29(20-22-31)33-25-35-32(24-36-33)28-15-17-30(18-16-28)34(37)39-26-27(3)5-2/h15-22,24-25,27H,4-14,23,26H2,1-3H3. The van der Waals surface area contributed by atoms with Crippen molar-refractivity contribution >= 4 is 5.97 Å². The number of carbonyl (C=O) groups is 1. The highest BCUT2D eigenvalue weighted by Gasteiger charge is 2.10. The highest BCUT2D eigenvalue weighted by atomic mass is 16.5. The predicted molar refractivity (Wildman–Crippen MR) is 160 cm³/mol. The van der Waals surface area contributed by atoms with Crippen molar-refractivity contribution in [3.8, 4) is 28.3 Å². The number of rotatable bonds is 18. The second-order valence-corrected chi connectivity index (χ2v) is 10.5. The minimum Gasteiger partial charge on any atom is -0.494 e. The van der Waals surface area contributed by atoms with Gasteiger partial charge >= 0.3 is 5.97 Å². The number of esters is 1. The number of carbonyl (C=O) groups excluding carboxylic acids is 1. The van der Waals surface area contributed by atoms with Crippen LogP contribution in [0.5, 0.6) is 5.75 Å². The first kappa shape index (κ1) is 30.3. The summed E-state index contributed by atoms with van der Waals surface area (Å²) in [4.78, 5) is 21.4. The fourth-order valence-electron chi connectivity index (χ4n) is 4.32. The first-order chi connectivity index (χ1) is 19.1. The molecule has 0 saturated carbocycles. The molecule has 1 heterocycles. The van der Waals surface area contributed by atoms with Gasteiger partial charge in [-0.2, -0.15) is 0 Å². The van der Waals surface area contributed by atoms with Crippen LogP contribution >= 0.6 is 0 Å². The van der Waals surface area contributed by atoms with Gasteiger partial charge in [-0.3, -0.25) is 9.97 Å². The van der Waals surface area contributed by atoms with E-state index in [0.29, 0.717) is 18.1 Å². The molecule has 0 radical (unpaired) electrons. The average molecular weight is 531 g/mol. The Balaban J connectivity index is 1.39. The van der Waals surface area contributed by atoms with Gasteiger partial charge in [-0.15, -0.1) is 0 Å². The average Bonchev–Trinajstić information content (AvgIpc) is 2.99. The summed E-state index contributed by atoms with van der Waals surface area (Å²) in [5, 5.41) is 0. The second kappa shape index (κ2) is 17.4. The minimum atomic E-state index is -0.292. The van der Waals surface area contributed by atoms with Crippen LogP contribution in [0.15, 0.2) is 60.9 Å². The smallest absolute Gasteiger partial charge is 0.338 e. The zero-order chi connectivity index (χ0) is 27.7. The van der Waals surface area contributed by atoms with E-state index in [-0.39, 0.29) is 5.97 Å². The number of aromatic nitrogens is 2. The highest BCUT2D eigenvalue weighted by molar-refractivity contribution is 5.90. The molecule has 0 bridgehead atoms. The maximum absolute atomic E-state index is 12.2. The molecule has 210 valence electrons. The van der Waals surface area contributed by atoms with Gasteiger partial charge in [-0.05, 0) is 48.7 Å². The molecule has 0 fully saturated rings. The molecule has 5 heteroatoms. The van der Waals surface area contributed by atoms with Gasteiger partial charge in [-0.1, -0.05) is 97.1 Å². The van der Waals surface area contributed by atoms with E-state index < -0.39 is 0 Å². The quantitative estimate of drug-likeness (QED) is 0.121. The number of hydrogen-bond donors (Lipinski definition) is 0. The Labute approximate surface area is 235 Å². The molecular formula is C34H46N2O3. The molecule has 0 spiro atoms. The van der Waals surface area contributed by atoms with E-state index in [1.54, 1.807) is 24.5 Å². The van der Waals surface area contributed by atoms with Crippen molar-refractivity contribution in [2.45, 2.75) is 91.4 Å². The van der Waals surface area contributed by atoms with Crippen LogP contribution in [-0.4, -0.2) is 29.2 Å². The lowest BCUT2D eigenvalue weighted by molar-refractivity contribution is 0.0447. The number of unbranched alkanes of at least 4 members (excludes halogenated alkanes) is 9. The highest BCUT2D eigenvalue weighted by Crippen LogP contribution is 2.23. The van der Waals surface area contributed by atoms with Crippen molar-refractivity contribution < 1.29 is 14.3 Å². The predicted octanol–water partition coefficient (Wildman–Crippen LogP) is 9.31. The monoisotopic (exact) mass is 530 g/mol. The lowest BCUT2D eigenvalue weighted by Crippen LogP contribution is -2.11. The van der Waals surface area contributed by atoms with Crippen molar-refractivity contribution in [2.24, 2.45) is 5.92 Å². The van der Waals surface area contributed by atoms with E-state index in [1.165, 1.54) is 57.8 Å². The summed E-state index contributed by atoms with van der Waals surface area (Å²) >= 11 is 0. The van der Waals surface area contributed by atoms with Crippen LogP contribution in [-0.2, 0) is 4.74 Å². The van der Waals surface area contributed by atoms with Gasteiger partial charge in [-0.25, -0.2) is 4.79 Å². The molecule has 0 aliphatic carbocycles. The van der Waals surface area contributed by atoms with E-state index in [9.17, 15) is 4.79 Å². The van der Waals surface area contributed by atoms with Crippen LogP contribution in [0.4, 0.5) is 0 Å². The molecule has 0 N–H and O–H groups in total. The molecule has 0 aliphatic heterocycles. The fraction of sp³-hybridized carbons (Fsp3) is 0.500. The zero-order valence-electron chi connectivity index (χ0n) is 24.2. The third kappa shape index (κ3) is 10.8. The van der Waals surface area contributed by atoms with E-state index in [4.69, 9.17) is 9.47 Å². The van der Waals surface area contributed by atoms with Crippen LogP contribution in [0.25, 0.3) is 22.5 Å². The van der Waals surface area contributed by atoms with Crippen LogP contribution in [0.1, 0.15) is 102 Å². The topological polar surface area (TPSA) is 61.3 Å². The van der Waals surface area contributed by atoms with Crippen LogP contribution in [0.2, 0.25) is 0 Å². The summed E-state index contributed by atoms with van der Waals surface area (Å²) in [6.07, 6.45) is 17.8. The lowest BCUT2D eigenvalue weighted by atomic mass is 10.1. The Hall–Kier alpha value is -3.21. The SMILES string of the molecule is CCCCCCCCCCCCOc1ccc(-c2cnc(-c3ccc(C(=O)OCC(C)CC)cc3)cn2)cc1. The van der Waals surface area contributed by atoms with E-state index in [0.717, 1.165) is 47.7 Å². The Morgan fingerprint density at radius 2 is 1.23 bits per heavy atom. The van der Waals surface area contributed by atoms with Gasteiger partial charge in [0.1, 0.15) is 5.75 Å². The first-order valence-corrected chi connectivity index (χ1v) is 14.9. The molecule has 2 aromatic carbocycles. The normalized spacial score (nSPS) is 11.8. The maximum atomic E-state index is 12.2. The molecule has 5 nitrogen and oxygen atoms in total. The van der Waals surface area contributed by atoms with Crippen molar-refractivity contribution in [3.05, 3.63) is 66.5 Å². The molecule has 0 amide bonds. The molecule has 1 aromatic heterocycles. The fourth-order valence-corrected chi connectivity index (χ4v) is 4.32. The van der Waals surface area contributed by atoms with E-state index >= 15 is 0 Å². The van der Waals surface area contributed by atoms with Crippen LogP contribution < -0.4 is 4.74 Å². The number of hydrogen-bond acceptors (Lipinski definition) is 5. The Kier molecular flexibility index (Phi) is 13.5. The summed E-state index contributed by atoms with van der Waals surface area (Å²) in [7, 11) is 0. The van der Waals surface area contributed by atoms with Crippen LogP contribution in [0, 0.1) is 5.92 Å². The summed E-state index contributed by atoms with van der Waals surface area (Å²) in [5.41, 5.74) is 4.02.